The minimum absolute atomic E-state index is 0.576. The van der Waals surface area contributed by atoms with Crippen molar-refractivity contribution in [2.24, 2.45) is 0 Å². The van der Waals surface area contributed by atoms with Gasteiger partial charge in [0.2, 0.25) is 0 Å². The van der Waals surface area contributed by atoms with E-state index in [2.05, 4.69) is 18.8 Å². The van der Waals surface area contributed by atoms with Crippen LogP contribution in [0.4, 0.5) is 0 Å². The summed E-state index contributed by atoms with van der Waals surface area (Å²) in [4.78, 5) is 0. The van der Waals surface area contributed by atoms with Gasteiger partial charge in [-0.3, -0.25) is 0 Å². The summed E-state index contributed by atoms with van der Waals surface area (Å²) >= 11 is 5.56. The predicted octanol–water partition coefficient (Wildman–Crippen LogP) is 3.86. The van der Waals surface area contributed by atoms with E-state index in [1.54, 1.807) is 0 Å². The number of alkyl halides is 1. The molecule has 0 N–H and O–H groups in total. The monoisotopic (exact) mass is 280 g/mol. The first-order valence-electron chi connectivity index (χ1n) is 6.72. The van der Waals surface area contributed by atoms with Crippen molar-refractivity contribution in [1.29, 1.82) is 0 Å². The molecule has 3 heteroatoms. The lowest BCUT2D eigenvalue weighted by atomic mass is 10.2. The number of hydrogen-bond acceptors (Lipinski definition) is 2. The van der Waals surface area contributed by atoms with Gasteiger partial charge in [0.25, 0.3) is 0 Å². The lowest BCUT2D eigenvalue weighted by Crippen LogP contribution is -2.07. The Morgan fingerprint density at radius 1 is 1.11 bits per heavy atom. The van der Waals surface area contributed by atoms with E-state index in [4.69, 9.17) is 21.1 Å². The van der Waals surface area contributed by atoms with Gasteiger partial charge in [-0.1, -0.05) is 25.2 Å². The normalized spacial score (nSPS) is 9.79. The summed E-state index contributed by atoms with van der Waals surface area (Å²) in [6, 6.07) is 7.76. The second-order valence-electron chi connectivity index (χ2n) is 4.08. The second kappa shape index (κ2) is 10.7. The highest BCUT2D eigenvalue weighted by atomic mass is 35.5. The van der Waals surface area contributed by atoms with E-state index in [1.165, 1.54) is 0 Å². The van der Waals surface area contributed by atoms with Gasteiger partial charge >= 0.3 is 0 Å². The molecule has 19 heavy (non-hydrogen) atoms. The van der Waals surface area contributed by atoms with Crippen LogP contribution in [-0.2, 0) is 4.74 Å². The van der Waals surface area contributed by atoms with E-state index in [0.29, 0.717) is 19.1 Å². The third kappa shape index (κ3) is 7.77. The van der Waals surface area contributed by atoms with Crippen molar-refractivity contribution in [3.63, 3.8) is 0 Å². The molecule has 2 nitrogen and oxygen atoms in total. The van der Waals surface area contributed by atoms with E-state index in [1.807, 2.05) is 24.3 Å². The Hall–Kier alpha value is -1.17. The summed E-state index contributed by atoms with van der Waals surface area (Å²) in [6.45, 7) is 4.19. The fourth-order valence-electron chi connectivity index (χ4n) is 1.41. The van der Waals surface area contributed by atoms with Crippen molar-refractivity contribution in [3.8, 4) is 17.6 Å². The van der Waals surface area contributed by atoms with Crippen molar-refractivity contribution in [3.05, 3.63) is 29.8 Å². The van der Waals surface area contributed by atoms with Crippen LogP contribution >= 0.6 is 11.6 Å². The zero-order chi connectivity index (χ0) is 13.8. The predicted molar refractivity (Wildman–Crippen MR) is 79.9 cm³/mol. The molecule has 0 radical (unpaired) electrons. The van der Waals surface area contributed by atoms with Gasteiger partial charge in [0.15, 0.2) is 0 Å². The van der Waals surface area contributed by atoms with Crippen LogP contribution in [0.25, 0.3) is 0 Å². The molecule has 0 aliphatic heterocycles. The first kappa shape index (κ1) is 15.9. The van der Waals surface area contributed by atoms with Crippen LogP contribution in [0.2, 0.25) is 0 Å². The molecular formula is C16H21ClO2. The van der Waals surface area contributed by atoms with E-state index in [9.17, 15) is 0 Å². The number of rotatable bonds is 8. The summed E-state index contributed by atoms with van der Waals surface area (Å²) in [5, 5.41) is 0. The van der Waals surface area contributed by atoms with E-state index >= 15 is 0 Å². The summed E-state index contributed by atoms with van der Waals surface area (Å²) < 4.78 is 11.0. The zero-order valence-corrected chi connectivity index (χ0v) is 12.2. The first-order valence-corrected chi connectivity index (χ1v) is 7.25. The summed E-state index contributed by atoms with van der Waals surface area (Å²) in [5.41, 5.74) is 0.983. The third-order valence-electron chi connectivity index (χ3n) is 2.45. The molecule has 0 aliphatic rings. The minimum atomic E-state index is 0.576. The number of hydrogen-bond donors (Lipinski definition) is 0. The molecule has 0 saturated carbocycles. The Kier molecular flexibility index (Phi) is 8.97. The topological polar surface area (TPSA) is 18.5 Å². The lowest BCUT2D eigenvalue weighted by Gasteiger charge is -2.06. The summed E-state index contributed by atoms with van der Waals surface area (Å²) in [6.07, 6.45) is 2.98. The van der Waals surface area contributed by atoms with Crippen LogP contribution in [-0.4, -0.2) is 25.7 Å². The highest BCUT2D eigenvalue weighted by Crippen LogP contribution is 2.11. The molecule has 0 amide bonds. The third-order valence-corrected chi connectivity index (χ3v) is 2.63. The second-order valence-corrected chi connectivity index (χ2v) is 4.46. The molecule has 0 atom stereocenters. The van der Waals surface area contributed by atoms with Crippen LogP contribution in [0.15, 0.2) is 24.3 Å². The van der Waals surface area contributed by atoms with E-state index in [0.717, 1.165) is 37.2 Å². The fourth-order valence-corrected chi connectivity index (χ4v) is 1.51. The van der Waals surface area contributed by atoms with Gasteiger partial charge in [0.05, 0.1) is 6.61 Å². The smallest absolute Gasteiger partial charge is 0.119 e. The average molecular weight is 281 g/mol. The Morgan fingerprint density at radius 2 is 1.89 bits per heavy atom. The highest BCUT2D eigenvalue weighted by molar-refractivity contribution is 6.18. The van der Waals surface area contributed by atoms with Gasteiger partial charge in [0.1, 0.15) is 12.4 Å². The fraction of sp³-hybridized carbons (Fsp3) is 0.500. The SMILES string of the molecule is CCCCOCCOc1ccc(C#CCCCl)cc1. The van der Waals surface area contributed by atoms with Gasteiger partial charge in [-0.2, -0.15) is 0 Å². The van der Waals surface area contributed by atoms with Crippen LogP contribution in [0, 0.1) is 11.8 Å². The molecule has 1 rings (SSSR count). The summed E-state index contributed by atoms with van der Waals surface area (Å²) in [7, 11) is 0. The van der Waals surface area contributed by atoms with Gasteiger partial charge in [-0.05, 0) is 30.7 Å². The van der Waals surface area contributed by atoms with E-state index < -0.39 is 0 Å². The van der Waals surface area contributed by atoms with Gasteiger partial charge < -0.3 is 9.47 Å². The Balaban J connectivity index is 2.23. The molecular weight excluding hydrogens is 260 g/mol. The molecule has 104 valence electrons. The molecule has 1 aromatic rings. The van der Waals surface area contributed by atoms with Crippen molar-refractivity contribution < 1.29 is 9.47 Å². The lowest BCUT2D eigenvalue weighted by molar-refractivity contribution is 0.0980. The quantitative estimate of drug-likeness (QED) is 0.409. The molecule has 0 aromatic heterocycles. The molecule has 0 aliphatic carbocycles. The molecule has 1 aromatic carbocycles. The zero-order valence-electron chi connectivity index (χ0n) is 11.5. The number of unbranched alkanes of at least 4 members (excludes halogenated alkanes) is 1. The van der Waals surface area contributed by atoms with Gasteiger partial charge in [0, 0.05) is 24.5 Å². The first-order chi connectivity index (χ1) is 9.36. The highest BCUT2D eigenvalue weighted by Gasteiger charge is 1.94. The van der Waals surface area contributed by atoms with Crippen molar-refractivity contribution >= 4 is 11.6 Å². The number of ether oxygens (including phenoxy) is 2. The molecule has 0 fully saturated rings. The standard InChI is InChI=1S/C16H21ClO2/c1-2-3-12-18-13-14-19-16-9-7-15(8-10-16)6-4-5-11-17/h7-10H,2-3,5,11-14H2,1H3. The van der Waals surface area contributed by atoms with Crippen LogP contribution in [0.3, 0.4) is 0 Å². The Morgan fingerprint density at radius 3 is 2.58 bits per heavy atom. The average Bonchev–Trinajstić information content (AvgIpc) is 2.44. The molecule has 0 saturated heterocycles. The molecule has 0 unspecified atom stereocenters. The largest absolute Gasteiger partial charge is 0.491 e. The van der Waals surface area contributed by atoms with Crippen molar-refractivity contribution in [2.75, 3.05) is 25.7 Å². The van der Waals surface area contributed by atoms with Crippen LogP contribution in [0.5, 0.6) is 5.75 Å². The Labute approximate surface area is 121 Å². The number of halogens is 1. The van der Waals surface area contributed by atoms with Gasteiger partial charge in [-0.15, -0.1) is 11.6 Å². The van der Waals surface area contributed by atoms with Crippen molar-refractivity contribution in [1.82, 2.24) is 0 Å². The van der Waals surface area contributed by atoms with E-state index in [-0.39, 0.29) is 0 Å². The van der Waals surface area contributed by atoms with Crippen LogP contribution < -0.4 is 4.74 Å². The Bertz CT molecular complexity index is 389. The van der Waals surface area contributed by atoms with Gasteiger partial charge in [-0.25, -0.2) is 0 Å². The molecule has 0 bridgehead atoms. The molecule has 0 spiro atoms. The molecule has 0 heterocycles. The summed E-state index contributed by atoms with van der Waals surface area (Å²) in [5.74, 6) is 7.47. The van der Waals surface area contributed by atoms with Crippen LogP contribution in [0.1, 0.15) is 31.7 Å². The maximum atomic E-state index is 5.57. The number of benzene rings is 1. The van der Waals surface area contributed by atoms with Crippen molar-refractivity contribution in [2.45, 2.75) is 26.2 Å². The maximum absolute atomic E-state index is 5.57. The maximum Gasteiger partial charge on any atom is 0.119 e. The minimum Gasteiger partial charge on any atom is -0.491 e.